The van der Waals surface area contributed by atoms with E-state index in [1.807, 2.05) is 31.2 Å². The summed E-state index contributed by atoms with van der Waals surface area (Å²) in [5.41, 5.74) is 2.89. The lowest BCUT2D eigenvalue weighted by atomic mass is 10.1. The van der Waals surface area contributed by atoms with Gasteiger partial charge in [-0.1, -0.05) is 6.07 Å². The molecule has 0 aliphatic heterocycles. The third kappa shape index (κ3) is 4.57. The number of aryl methyl sites for hydroxylation is 1. The van der Waals surface area contributed by atoms with Gasteiger partial charge in [0.05, 0.1) is 17.7 Å². The summed E-state index contributed by atoms with van der Waals surface area (Å²) in [7, 11) is 0. The first-order valence-electron chi connectivity index (χ1n) is 7.09. The maximum Gasteiger partial charge on any atom is 0.238 e. The SMILES string of the molecule is Cc1ccc(NC(=O)CNCC2CC2)c2cccnc12.Cl.Cl. The Morgan fingerprint density at radius 2 is 2.05 bits per heavy atom. The quantitative estimate of drug-likeness (QED) is 0.876. The van der Waals surface area contributed by atoms with Crippen LogP contribution in [-0.2, 0) is 4.79 Å². The van der Waals surface area contributed by atoms with Crippen LogP contribution >= 0.6 is 24.8 Å². The van der Waals surface area contributed by atoms with E-state index in [1.54, 1.807) is 6.20 Å². The summed E-state index contributed by atoms with van der Waals surface area (Å²) in [5.74, 6) is 0.784. The fourth-order valence-corrected chi connectivity index (χ4v) is 2.33. The number of amides is 1. The number of nitrogens with one attached hydrogen (secondary N) is 2. The van der Waals surface area contributed by atoms with Crippen LogP contribution in [0.3, 0.4) is 0 Å². The van der Waals surface area contributed by atoms with E-state index in [0.717, 1.165) is 34.6 Å². The summed E-state index contributed by atoms with van der Waals surface area (Å²) < 4.78 is 0. The zero-order valence-corrected chi connectivity index (χ0v) is 14.1. The Kier molecular flexibility index (Phi) is 7.07. The number of benzene rings is 1. The van der Waals surface area contributed by atoms with Crippen molar-refractivity contribution in [1.82, 2.24) is 10.3 Å². The van der Waals surface area contributed by atoms with E-state index in [1.165, 1.54) is 12.8 Å². The van der Waals surface area contributed by atoms with Crippen molar-refractivity contribution in [1.29, 1.82) is 0 Å². The molecule has 1 aromatic carbocycles. The maximum absolute atomic E-state index is 11.9. The van der Waals surface area contributed by atoms with Gasteiger partial charge in [-0.15, -0.1) is 24.8 Å². The molecule has 1 fully saturated rings. The van der Waals surface area contributed by atoms with E-state index in [-0.39, 0.29) is 30.7 Å². The lowest BCUT2D eigenvalue weighted by Crippen LogP contribution is -2.29. The predicted molar refractivity (Wildman–Crippen MR) is 95.2 cm³/mol. The van der Waals surface area contributed by atoms with Crippen LogP contribution in [0, 0.1) is 12.8 Å². The molecule has 22 heavy (non-hydrogen) atoms. The summed E-state index contributed by atoms with van der Waals surface area (Å²) in [5, 5.41) is 7.15. The molecule has 0 atom stereocenters. The van der Waals surface area contributed by atoms with Gasteiger partial charge in [0, 0.05) is 11.6 Å². The molecule has 0 saturated heterocycles. The van der Waals surface area contributed by atoms with E-state index in [0.29, 0.717) is 6.54 Å². The first-order valence-corrected chi connectivity index (χ1v) is 7.09. The molecule has 1 aromatic heterocycles. The Bertz CT molecular complexity index is 644. The van der Waals surface area contributed by atoms with Gasteiger partial charge in [-0.05, 0) is 56.0 Å². The third-order valence-electron chi connectivity index (χ3n) is 3.66. The summed E-state index contributed by atoms with van der Waals surface area (Å²) in [6, 6.07) is 7.81. The van der Waals surface area contributed by atoms with Crippen molar-refractivity contribution in [3.05, 3.63) is 36.0 Å². The van der Waals surface area contributed by atoms with Crippen LogP contribution in [0.2, 0.25) is 0 Å². The highest BCUT2D eigenvalue weighted by atomic mass is 35.5. The Morgan fingerprint density at radius 3 is 2.77 bits per heavy atom. The lowest BCUT2D eigenvalue weighted by molar-refractivity contribution is -0.115. The number of carbonyl (C=O) groups excluding carboxylic acids is 1. The molecular formula is C16H21Cl2N3O. The topological polar surface area (TPSA) is 54.0 Å². The Morgan fingerprint density at radius 1 is 1.27 bits per heavy atom. The molecule has 4 nitrogen and oxygen atoms in total. The van der Waals surface area contributed by atoms with Crippen LogP contribution in [0.1, 0.15) is 18.4 Å². The fourth-order valence-electron chi connectivity index (χ4n) is 2.33. The van der Waals surface area contributed by atoms with E-state index in [2.05, 4.69) is 15.6 Å². The minimum absolute atomic E-state index is 0. The molecule has 2 N–H and O–H groups in total. The lowest BCUT2D eigenvalue weighted by Gasteiger charge is -2.10. The van der Waals surface area contributed by atoms with Crippen molar-refractivity contribution in [3.63, 3.8) is 0 Å². The van der Waals surface area contributed by atoms with Crippen molar-refractivity contribution >= 4 is 47.3 Å². The Balaban J connectivity index is 0.00000121. The summed E-state index contributed by atoms with van der Waals surface area (Å²) in [4.78, 5) is 16.3. The molecule has 6 heteroatoms. The van der Waals surface area contributed by atoms with Gasteiger partial charge in [0.1, 0.15) is 0 Å². The summed E-state index contributed by atoms with van der Waals surface area (Å²) in [6.07, 6.45) is 4.36. The van der Waals surface area contributed by atoms with Crippen LogP contribution in [0.25, 0.3) is 10.9 Å². The zero-order valence-electron chi connectivity index (χ0n) is 12.5. The van der Waals surface area contributed by atoms with E-state index in [9.17, 15) is 4.79 Å². The molecule has 1 heterocycles. The molecule has 2 aromatic rings. The van der Waals surface area contributed by atoms with Crippen molar-refractivity contribution < 1.29 is 4.79 Å². The van der Waals surface area contributed by atoms with Crippen LogP contribution in [0.15, 0.2) is 30.5 Å². The number of anilines is 1. The van der Waals surface area contributed by atoms with Gasteiger partial charge < -0.3 is 10.6 Å². The second-order valence-electron chi connectivity index (χ2n) is 5.45. The highest BCUT2D eigenvalue weighted by molar-refractivity contribution is 6.02. The number of nitrogens with zero attached hydrogens (tertiary/aromatic N) is 1. The second-order valence-corrected chi connectivity index (χ2v) is 5.45. The van der Waals surface area contributed by atoms with Crippen molar-refractivity contribution in [3.8, 4) is 0 Å². The van der Waals surface area contributed by atoms with Gasteiger partial charge in [0.25, 0.3) is 0 Å². The van der Waals surface area contributed by atoms with E-state index >= 15 is 0 Å². The molecule has 0 radical (unpaired) electrons. The molecule has 1 amide bonds. The first-order chi connectivity index (χ1) is 9.74. The second kappa shape index (κ2) is 8.32. The number of pyridine rings is 1. The van der Waals surface area contributed by atoms with Gasteiger partial charge in [0.15, 0.2) is 0 Å². The van der Waals surface area contributed by atoms with Gasteiger partial charge >= 0.3 is 0 Å². The number of rotatable bonds is 5. The average molecular weight is 342 g/mol. The summed E-state index contributed by atoms with van der Waals surface area (Å²) >= 11 is 0. The largest absolute Gasteiger partial charge is 0.324 e. The van der Waals surface area contributed by atoms with Crippen LogP contribution in [0.4, 0.5) is 5.69 Å². The molecular weight excluding hydrogens is 321 g/mol. The number of hydrogen-bond acceptors (Lipinski definition) is 3. The first kappa shape index (κ1) is 18.7. The molecule has 1 aliphatic carbocycles. The average Bonchev–Trinajstić information content (AvgIpc) is 3.27. The number of fused-ring (bicyclic) bond motifs is 1. The number of halogens is 2. The van der Waals surface area contributed by atoms with Crippen LogP contribution in [0.5, 0.6) is 0 Å². The molecule has 120 valence electrons. The molecule has 1 saturated carbocycles. The monoisotopic (exact) mass is 341 g/mol. The minimum Gasteiger partial charge on any atom is -0.324 e. The molecule has 0 unspecified atom stereocenters. The van der Waals surface area contributed by atoms with Crippen molar-refractivity contribution in [2.24, 2.45) is 5.92 Å². The number of carbonyl (C=O) groups is 1. The van der Waals surface area contributed by atoms with Crippen LogP contribution in [-0.4, -0.2) is 24.0 Å². The minimum atomic E-state index is -0.000318. The maximum atomic E-state index is 11.9. The summed E-state index contributed by atoms with van der Waals surface area (Å²) in [6.45, 7) is 3.34. The van der Waals surface area contributed by atoms with Crippen molar-refractivity contribution in [2.45, 2.75) is 19.8 Å². The highest BCUT2D eigenvalue weighted by Gasteiger charge is 2.20. The predicted octanol–water partition coefficient (Wildman–Crippen LogP) is 3.32. The third-order valence-corrected chi connectivity index (χ3v) is 3.66. The normalized spacial score (nSPS) is 13.1. The smallest absolute Gasteiger partial charge is 0.238 e. The van der Waals surface area contributed by atoms with Crippen molar-refractivity contribution in [2.75, 3.05) is 18.4 Å². The Labute approximate surface area is 142 Å². The molecule has 0 spiro atoms. The Hall–Kier alpha value is -1.36. The number of aromatic nitrogens is 1. The zero-order chi connectivity index (χ0) is 13.9. The molecule has 0 bridgehead atoms. The molecule has 1 aliphatic rings. The van der Waals surface area contributed by atoms with Gasteiger partial charge in [-0.3, -0.25) is 9.78 Å². The van der Waals surface area contributed by atoms with Crippen LogP contribution < -0.4 is 10.6 Å². The van der Waals surface area contributed by atoms with E-state index in [4.69, 9.17) is 0 Å². The van der Waals surface area contributed by atoms with Gasteiger partial charge in [-0.25, -0.2) is 0 Å². The fraction of sp³-hybridized carbons (Fsp3) is 0.375. The van der Waals surface area contributed by atoms with Gasteiger partial charge in [-0.2, -0.15) is 0 Å². The number of hydrogen-bond donors (Lipinski definition) is 2. The highest BCUT2D eigenvalue weighted by Crippen LogP contribution is 2.27. The van der Waals surface area contributed by atoms with E-state index < -0.39 is 0 Å². The van der Waals surface area contributed by atoms with Gasteiger partial charge in [0.2, 0.25) is 5.91 Å². The standard InChI is InChI=1S/C16H19N3O.2ClH/c1-11-4-7-14(13-3-2-8-18-16(11)13)19-15(20)10-17-9-12-5-6-12;;/h2-4,7-8,12,17H,5-6,9-10H2,1H3,(H,19,20);2*1H. The molecule has 3 rings (SSSR count).